The largest absolute Gasteiger partial charge is 0.490 e. The summed E-state index contributed by atoms with van der Waals surface area (Å²) in [6.07, 6.45) is 6.35. The molecule has 0 spiro atoms. The van der Waals surface area contributed by atoms with Crippen molar-refractivity contribution in [2.75, 3.05) is 13.2 Å². The third-order valence-electron chi connectivity index (χ3n) is 5.44. The number of allylic oxidation sites excluding steroid dienone is 2. The van der Waals surface area contributed by atoms with E-state index < -0.39 is 12.6 Å². The Bertz CT molecular complexity index is 913. The molecule has 2 fully saturated rings. The van der Waals surface area contributed by atoms with Crippen LogP contribution < -0.4 is 9.47 Å². The molecule has 2 amide bonds. The van der Waals surface area contributed by atoms with Gasteiger partial charge in [-0.05, 0) is 58.8 Å². The quantitative estimate of drug-likeness (QED) is 0.379. The molecule has 0 radical (unpaired) electrons. The molecule has 1 saturated carbocycles. The van der Waals surface area contributed by atoms with Gasteiger partial charge < -0.3 is 14.6 Å². The van der Waals surface area contributed by atoms with Crippen molar-refractivity contribution < 1.29 is 29.0 Å². The average Bonchev–Trinajstić information content (AvgIpc) is 3.34. The molecule has 2 aliphatic carbocycles. The number of carbonyl (C=O) groups excluding carboxylic acids is 2. The third kappa shape index (κ3) is 3.43. The summed E-state index contributed by atoms with van der Waals surface area (Å²) in [6, 6.07) is 3.27. The fraction of sp³-hybridized carbons (Fsp3) is 0.400. The first-order chi connectivity index (χ1) is 13.9. The summed E-state index contributed by atoms with van der Waals surface area (Å²) in [6.45, 7) is 1.62. The number of halogens is 1. The molecular formula is C20H19BrN2O6. The normalized spacial score (nSPS) is 27.2. The van der Waals surface area contributed by atoms with Gasteiger partial charge in [-0.3, -0.25) is 9.59 Å². The fourth-order valence-electron chi connectivity index (χ4n) is 4.32. The molecule has 1 N–H and O–H groups in total. The van der Waals surface area contributed by atoms with Crippen molar-refractivity contribution in [2.45, 2.75) is 13.3 Å². The Kier molecular flexibility index (Phi) is 5.16. The van der Waals surface area contributed by atoms with Crippen molar-refractivity contribution in [3.8, 4) is 11.5 Å². The van der Waals surface area contributed by atoms with E-state index in [-0.39, 0.29) is 41.2 Å². The molecule has 1 aromatic rings. The summed E-state index contributed by atoms with van der Waals surface area (Å²) >= 11 is 3.34. The van der Waals surface area contributed by atoms with E-state index in [1.165, 1.54) is 6.21 Å². The van der Waals surface area contributed by atoms with Crippen molar-refractivity contribution >= 4 is 39.9 Å². The Labute approximate surface area is 175 Å². The highest BCUT2D eigenvalue weighted by atomic mass is 79.9. The van der Waals surface area contributed by atoms with E-state index in [1.54, 1.807) is 19.1 Å². The minimum atomic E-state index is -1.11. The van der Waals surface area contributed by atoms with E-state index in [0.29, 0.717) is 22.4 Å². The summed E-state index contributed by atoms with van der Waals surface area (Å²) in [5, 5.41) is 14.0. The van der Waals surface area contributed by atoms with Crippen LogP contribution >= 0.6 is 15.9 Å². The molecule has 4 atom stereocenters. The number of hydrogen-bond donors (Lipinski definition) is 1. The molecule has 1 saturated heterocycles. The van der Waals surface area contributed by atoms with Gasteiger partial charge in [-0.1, -0.05) is 12.2 Å². The maximum absolute atomic E-state index is 12.7. The van der Waals surface area contributed by atoms with Gasteiger partial charge in [-0.25, -0.2) is 4.79 Å². The molecule has 29 heavy (non-hydrogen) atoms. The van der Waals surface area contributed by atoms with Crippen molar-refractivity contribution in [1.82, 2.24) is 5.01 Å². The van der Waals surface area contributed by atoms with Crippen LogP contribution in [-0.2, 0) is 14.4 Å². The van der Waals surface area contributed by atoms with Crippen LogP contribution in [0.4, 0.5) is 0 Å². The number of hydrazone groups is 1. The molecular weight excluding hydrogens is 444 g/mol. The minimum absolute atomic E-state index is 0.131. The Morgan fingerprint density at radius 2 is 1.90 bits per heavy atom. The van der Waals surface area contributed by atoms with Gasteiger partial charge in [0, 0.05) is 0 Å². The smallest absolute Gasteiger partial charge is 0.341 e. The van der Waals surface area contributed by atoms with E-state index in [2.05, 4.69) is 21.0 Å². The number of rotatable bonds is 7. The van der Waals surface area contributed by atoms with Crippen LogP contribution in [0, 0.1) is 23.7 Å². The Balaban J connectivity index is 1.56. The fourth-order valence-corrected chi connectivity index (χ4v) is 4.90. The standard InChI is InChI=1S/C20H19BrN2O6/c1-2-28-14-6-10(5-13(21)18(14)29-9-15(24)25)8-22-23-19(26)16-11-3-4-12(7-11)17(16)20(23)27/h3-6,8,11-12,16-17H,2,7,9H2,1H3,(H,24,25)/t11-,12-,16-,17+/m0/s1. The average molecular weight is 463 g/mol. The van der Waals surface area contributed by atoms with Crippen molar-refractivity contribution in [1.29, 1.82) is 0 Å². The number of benzene rings is 1. The third-order valence-corrected chi connectivity index (χ3v) is 6.03. The van der Waals surface area contributed by atoms with Gasteiger partial charge in [0.05, 0.1) is 29.1 Å². The van der Waals surface area contributed by atoms with Gasteiger partial charge in [0.1, 0.15) is 0 Å². The molecule has 3 aliphatic rings. The van der Waals surface area contributed by atoms with Crippen LogP contribution in [0.3, 0.4) is 0 Å². The summed E-state index contributed by atoms with van der Waals surface area (Å²) < 4.78 is 11.3. The lowest BCUT2D eigenvalue weighted by Gasteiger charge is -2.14. The molecule has 4 rings (SSSR count). The van der Waals surface area contributed by atoms with Crippen LogP contribution in [0.15, 0.2) is 33.9 Å². The highest BCUT2D eigenvalue weighted by Gasteiger charge is 2.59. The molecule has 152 valence electrons. The number of ether oxygens (including phenoxy) is 2. The van der Waals surface area contributed by atoms with Gasteiger partial charge in [0.25, 0.3) is 11.8 Å². The second-order valence-electron chi connectivity index (χ2n) is 7.18. The lowest BCUT2D eigenvalue weighted by atomic mass is 9.85. The summed E-state index contributed by atoms with van der Waals surface area (Å²) in [7, 11) is 0. The predicted molar refractivity (Wildman–Crippen MR) is 106 cm³/mol. The van der Waals surface area contributed by atoms with Crippen molar-refractivity contribution in [3.63, 3.8) is 0 Å². The van der Waals surface area contributed by atoms with Gasteiger partial charge >= 0.3 is 5.97 Å². The second-order valence-corrected chi connectivity index (χ2v) is 8.03. The maximum Gasteiger partial charge on any atom is 0.341 e. The SMILES string of the molecule is CCOc1cc(C=NN2C(=O)[C@@H]3[C@H](C2=O)[C@H]2C=C[C@H]3C2)cc(Br)c1OCC(=O)O. The van der Waals surface area contributed by atoms with E-state index in [4.69, 9.17) is 14.6 Å². The zero-order valence-corrected chi connectivity index (χ0v) is 17.2. The predicted octanol–water partition coefficient (Wildman–Crippen LogP) is 2.45. The first kappa shape index (κ1) is 19.6. The molecule has 1 heterocycles. The topological polar surface area (TPSA) is 106 Å². The van der Waals surface area contributed by atoms with Gasteiger partial charge in [-0.2, -0.15) is 10.1 Å². The number of carbonyl (C=O) groups is 3. The van der Waals surface area contributed by atoms with Crippen LogP contribution in [0.25, 0.3) is 0 Å². The molecule has 1 aliphatic heterocycles. The molecule has 0 unspecified atom stereocenters. The lowest BCUT2D eigenvalue weighted by Crippen LogP contribution is -2.28. The van der Waals surface area contributed by atoms with E-state index >= 15 is 0 Å². The zero-order chi connectivity index (χ0) is 20.7. The number of hydrogen-bond acceptors (Lipinski definition) is 6. The van der Waals surface area contributed by atoms with Crippen LogP contribution in [0.1, 0.15) is 18.9 Å². The van der Waals surface area contributed by atoms with Gasteiger partial charge in [0.2, 0.25) is 0 Å². The summed E-state index contributed by atoms with van der Waals surface area (Å²) in [5.41, 5.74) is 0.571. The monoisotopic (exact) mass is 462 g/mol. The van der Waals surface area contributed by atoms with Gasteiger partial charge in [0.15, 0.2) is 18.1 Å². The van der Waals surface area contributed by atoms with Crippen LogP contribution in [0.2, 0.25) is 0 Å². The molecule has 9 heteroatoms. The minimum Gasteiger partial charge on any atom is -0.490 e. The maximum atomic E-state index is 12.7. The van der Waals surface area contributed by atoms with Crippen molar-refractivity contribution in [2.24, 2.45) is 28.8 Å². The summed E-state index contributed by atoms with van der Waals surface area (Å²) in [5.74, 6) is -1.35. The second kappa shape index (κ2) is 7.62. The molecule has 0 aromatic heterocycles. The van der Waals surface area contributed by atoms with E-state index in [1.807, 2.05) is 12.2 Å². The van der Waals surface area contributed by atoms with Gasteiger partial charge in [-0.15, -0.1) is 0 Å². The number of imide groups is 1. The number of fused-ring (bicyclic) bond motifs is 5. The number of carboxylic acid groups (broad SMARTS) is 1. The number of nitrogens with zero attached hydrogens (tertiary/aromatic N) is 2. The van der Waals surface area contributed by atoms with Crippen molar-refractivity contribution in [3.05, 3.63) is 34.3 Å². The Hall–Kier alpha value is -2.68. The number of aliphatic carboxylic acids is 1. The number of amides is 2. The molecule has 8 nitrogen and oxygen atoms in total. The van der Waals surface area contributed by atoms with Crippen LogP contribution in [-0.4, -0.2) is 47.3 Å². The Morgan fingerprint density at radius 3 is 2.48 bits per heavy atom. The zero-order valence-electron chi connectivity index (χ0n) is 15.6. The summed E-state index contributed by atoms with van der Waals surface area (Å²) in [4.78, 5) is 36.2. The lowest BCUT2D eigenvalue weighted by molar-refractivity contribution is -0.141. The Morgan fingerprint density at radius 1 is 1.24 bits per heavy atom. The van der Waals surface area contributed by atoms with E-state index in [9.17, 15) is 14.4 Å². The number of carboxylic acids is 1. The molecule has 1 aromatic carbocycles. The van der Waals surface area contributed by atoms with E-state index in [0.717, 1.165) is 11.4 Å². The first-order valence-corrected chi connectivity index (χ1v) is 10.1. The highest BCUT2D eigenvalue weighted by molar-refractivity contribution is 9.10. The molecule has 2 bridgehead atoms. The first-order valence-electron chi connectivity index (χ1n) is 9.31. The highest BCUT2D eigenvalue weighted by Crippen LogP contribution is 2.52. The van der Waals surface area contributed by atoms with Crippen LogP contribution in [0.5, 0.6) is 11.5 Å².